The van der Waals surface area contributed by atoms with E-state index in [1.807, 2.05) is 6.92 Å². The van der Waals surface area contributed by atoms with Crippen molar-refractivity contribution in [1.82, 2.24) is 9.38 Å². The number of nitrogens with zero attached hydrogens (tertiary/aromatic N) is 2. The molecule has 0 radical (unpaired) electrons. The molecule has 4 aromatic rings. The van der Waals surface area contributed by atoms with Crippen LogP contribution in [-0.4, -0.2) is 33.8 Å². The fraction of sp³-hybridized carbons (Fsp3) is 0.160. The van der Waals surface area contributed by atoms with Crippen molar-refractivity contribution in [3.05, 3.63) is 91.3 Å². The van der Waals surface area contributed by atoms with Crippen molar-refractivity contribution in [2.45, 2.75) is 20.8 Å². The number of anilines is 2. The quantitative estimate of drug-likeness (QED) is 0.353. The number of aryl methyl sites for hydroxylation is 2. The number of rotatable bonds is 6. The minimum Gasteiger partial charge on any atom is -0.462 e. The second-order valence-electron chi connectivity index (χ2n) is 7.80. The molecule has 2 aromatic carbocycles. The van der Waals surface area contributed by atoms with Crippen LogP contribution >= 0.6 is 22.9 Å². The van der Waals surface area contributed by atoms with Crippen molar-refractivity contribution in [3.63, 3.8) is 0 Å². The second-order valence-corrected chi connectivity index (χ2v) is 9.19. The third kappa shape index (κ3) is 5.14. The molecule has 0 aliphatic carbocycles. The van der Waals surface area contributed by atoms with Crippen LogP contribution in [-0.2, 0) is 4.74 Å². The normalized spacial score (nSPS) is 10.8. The average molecular weight is 525 g/mol. The van der Waals surface area contributed by atoms with Crippen LogP contribution in [0.2, 0.25) is 5.02 Å². The Labute approximate surface area is 214 Å². The zero-order chi connectivity index (χ0) is 26.0. The highest BCUT2D eigenvalue weighted by Crippen LogP contribution is 2.25. The Hall–Kier alpha value is -4.02. The molecule has 2 N–H and O–H groups in total. The number of nitrogens with one attached hydrogen (secondary N) is 2. The molecule has 36 heavy (non-hydrogen) atoms. The van der Waals surface area contributed by atoms with Gasteiger partial charge >= 0.3 is 5.97 Å². The van der Waals surface area contributed by atoms with Crippen molar-refractivity contribution in [3.8, 4) is 0 Å². The lowest BCUT2D eigenvalue weighted by Crippen LogP contribution is -2.25. The maximum absolute atomic E-state index is 13.3. The van der Waals surface area contributed by atoms with Crippen LogP contribution in [0.5, 0.6) is 0 Å². The van der Waals surface area contributed by atoms with Crippen molar-refractivity contribution < 1.29 is 19.1 Å². The van der Waals surface area contributed by atoms with Crippen LogP contribution in [0.3, 0.4) is 0 Å². The molecular formula is C25H21ClN4O5S. The summed E-state index contributed by atoms with van der Waals surface area (Å²) in [6.07, 6.45) is 0. The summed E-state index contributed by atoms with van der Waals surface area (Å²) in [5, 5.41) is 5.86. The summed E-state index contributed by atoms with van der Waals surface area (Å²) in [6, 6.07) is 12.4. The fourth-order valence-corrected chi connectivity index (χ4v) is 4.65. The highest BCUT2D eigenvalue weighted by molar-refractivity contribution is 7.19. The molecule has 0 fully saturated rings. The second kappa shape index (κ2) is 10.3. The smallest absolute Gasteiger partial charge is 0.338 e. The molecule has 2 heterocycles. The van der Waals surface area contributed by atoms with Gasteiger partial charge in [-0.2, -0.15) is 0 Å². The molecule has 0 aliphatic rings. The van der Waals surface area contributed by atoms with E-state index < -0.39 is 23.3 Å². The minimum absolute atomic E-state index is 0.00428. The molecule has 0 unspecified atom stereocenters. The van der Waals surface area contributed by atoms with Gasteiger partial charge in [0.1, 0.15) is 10.6 Å². The van der Waals surface area contributed by atoms with E-state index in [2.05, 4.69) is 15.6 Å². The molecule has 2 aromatic heterocycles. The number of halogens is 1. The van der Waals surface area contributed by atoms with Crippen molar-refractivity contribution in [1.29, 1.82) is 0 Å². The number of ether oxygens (including phenoxy) is 1. The van der Waals surface area contributed by atoms with Crippen LogP contribution in [0, 0.1) is 13.8 Å². The van der Waals surface area contributed by atoms with Gasteiger partial charge in [0.15, 0.2) is 4.96 Å². The Morgan fingerprint density at radius 3 is 2.33 bits per heavy atom. The van der Waals surface area contributed by atoms with Crippen LogP contribution < -0.4 is 16.2 Å². The predicted octanol–water partition coefficient (Wildman–Crippen LogP) is 4.71. The van der Waals surface area contributed by atoms with Gasteiger partial charge in [0.05, 0.1) is 12.2 Å². The molecular weight excluding hydrogens is 504 g/mol. The number of thiazole rings is 1. The fourth-order valence-electron chi connectivity index (χ4n) is 3.40. The standard InChI is InChI=1S/C25H21ClN4O5S/c1-4-35-24(34)15-6-9-16(10-7-15)28-23(33)21-20(30-19(31)11-14(3)27-25(30)36-21)22(32)29-17-8-5-13(2)18(26)12-17/h5-12H,4H2,1-3H3,(H,28,33)(H,29,32). The Balaban J connectivity index is 1.70. The summed E-state index contributed by atoms with van der Waals surface area (Å²) >= 11 is 7.09. The van der Waals surface area contributed by atoms with Crippen LogP contribution in [0.1, 0.15) is 48.7 Å². The number of fused-ring (bicyclic) bond motifs is 1. The summed E-state index contributed by atoms with van der Waals surface area (Å²) in [4.78, 5) is 55.7. The van der Waals surface area contributed by atoms with Gasteiger partial charge in [-0.3, -0.25) is 14.4 Å². The first-order valence-corrected chi connectivity index (χ1v) is 12.1. The summed E-state index contributed by atoms with van der Waals surface area (Å²) in [5.74, 6) is -1.76. The van der Waals surface area contributed by atoms with E-state index in [0.717, 1.165) is 21.3 Å². The van der Waals surface area contributed by atoms with E-state index >= 15 is 0 Å². The molecule has 9 nitrogen and oxygen atoms in total. The average Bonchev–Trinajstić information content (AvgIpc) is 3.22. The van der Waals surface area contributed by atoms with Gasteiger partial charge in [0.2, 0.25) is 0 Å². The third-order valence-corrected chi connectivity index (χ3v) is 6.60. The molecule has 11 heteroatoms. The zero-order valence-corrected chi connectivity index (χ0v) is 21.1. The maximum atomic E-state index is 13.3. The molecule has 0 saturated carbocycles. The molecule has 4 rings (SSSR count). The summed E-state index contributed by atoms with van der Waals surface area (Å²) in [7, 11) is 0. The van der Waals surface area contributed by atoms with Gasteiger partial charge in [-0.15, -0.1) is 0 Å². The SMILES string of the molecule is CCOC(=O)c1ccc(NC(=O)c2sc3nc(C)cc(=O)n3c2C(=O)Nc2ccc(C)c(Cl)c2)cc1. The van der Waals surface area contributed by atoms with Crippen LogP contribution in [0.4, 0.5) is 11.4 Å². The first-order valence-electron chi connectivity index (χ1n) is 10.9. The lowest BCUT2D eigenvalue weighted by atomic mass is 10.2. The largest absolute Gasteiger partial charge is 0.462 e. The van der Waals surface area contributed by atoms with Crippen LogP contribution in [0.15, 0.2) is 53.3 Å². The van der Waals surface area contributed by atoms with Gasteiger partial charge in [0, 0.05) is 28.2 Å². The predicted molar refractivity (Wildman–Crippen MR) is 139 cm³/mol. The first-order chi connectivity index (χ1) is 17.2. The number of hydrogen-bond donors (Lipinski definition) is 2. The van der Waals surface area contributed by atoms with Gasteiger partial charge in [0.25, 0.3) is 17.4 Å². The molecule has 0 saturated heterocycles. The molecule has 0 atom stereocenters. The highest BCUT2D eigenvalue weighted by atomic mass is 35.5. The van der Waals surface area contributed by atoms with E-state index in [-0.39, 0.29) is 22.1 Å². The van der Waals surface area contributed by atoms with Gasteiger partial charge in [-0.1, -0.05) is 29.0 Å². The topological polar surface area (TPSA) is 119 Å². The zero-order valence-electron chi connectivity index (χ0n) is 19.5. The first kappa shape index (κ1) is 25.1. The molecule has 184 valence electrons. The summed E-state index contributed by atoms with van der Waals surface area (Å²) < 4.78 is 6.07. The lowest BCUT2D eigenvalue weighted by molar-refractivity contribution is 0.0526. The number of aromatic nitrogens is 2. The van der Waals surface area contributed by atoms with Crippen LogP contribution in [0.25, 0.3) is 4.96 Å². The number of carbonyl (C=O) groups is 3. The number of amides is 2. The van der Waals surface area contributed by atoms with E-state index in [1.165, 1.54) is 18.2 Å². The number of hydrogen-bond acceptors (Lipinski definition) is 7. The van der Waals surface area contributed by atoms with E-state index in [9.17, 15) is 19.2 Å². The Morgan fingerprint density at radius 2 is 1.67 bits per heavy atom. The van der Waals surface area contributed by atoms with Crippen molar-refractivity contribution in [2.24, 2.45) is 0 Å². The molecule has 0 bridgehead atoms. The van der Waals surface area contributed by atoms with E-state index in [1.54, 1.807) is 44.2 Å². The van der Waals surface area contributed by atoms with Gasteiger partial charge < -0.3 is 15.4 Å². The van der Waals surface area contributed by atoms with Gasteiger partial charge in [-0.05, 0) is 62.7 Å². The Morgan fingerprint density at radius 1 is 1.00 bits per heavy atom. The summed E-state index contributed by atoms with van der Waals surface area (Å²) in [6.45, 7) is 5.44. The molecule has 0 spiro atoms. The Bertz CT molecular complexity index is 1560. The monoisotopic (exact) mass is 524 g/mol. The number of benzene rings is 2. The van der Waals surface area contributed by atoms with Crippen molar-refractivity contribution >= 4 is 57.1 Å². The third-order valence-electron chi connectivity index (χ3n) is 5.15. The van der Waals surface area contributed by atoms with E-state index in [0.29, 0.717) is 27.7 Å². The number of carbonyl (C=O) groups excluding carboxylic acids is 3. The lowest BCUT2D eigenvalue weighted by Gasteiger charge is -2.09. The van der Waals surface area contributed by atoms with Gasteiger partial charge in [-0.25, -0.2) is 14.2 Å². The molecule has 2 amide bonds. The number of esters is 1. The van der Waals surface area contributed by atoms with Crippen molar-refractivity contribution in [2.75, 3.05) is 17.2 Å². The van der Waals surface area contributed by atoms with E-state index in [4.69, 9.17) is 16.3 Å². The summed E-state index contributed by atoms with van der Waals surface area (Å²) in [5.41, 5.74) is 1.78. The minimum atomic E-state index is -0.670. The highest BCUT2D eigenvalue weighted by Gasteiger charge is 2.26. The maximum Gasteiger partial charge on any atom is 0.338 e. The Kier molecular flexibility index (Phi) is 7.18. The molecule has 0 aliphatic heterocycles.